The molecule has 0 radical (unpaired) electrons. The number of fused-ring (bicyclic) bond motifs is 1. The molecule has 2 heterocycles. The monoisotopic (exact) mass is 485 g/mol. The molecule has 0 spiro atoms. The number of carbonyl (C=O) groups is 1. The molecular formula is C23H21ClF5N3O. The van der Waals surface area contributed by atoms with Gasteiger partial charge in [0.15, 0.2) is 0 Å². The van der Waals surface area contributed by atoms with Gasteiger partial charge in [-0.3, -0.25) is 9.69 Å². The number of amides is 1. The van der Waals surface area contributed by atoms with Gasteiger partial charge >= 0.3 is 6.18 Å². The molecule has 1 aliphatic heterocycles. The largest absolute Gasteiger partial charge is 0.416 e. The number of nitrogens with zero attached hydrogens (tertiary/aromatic N) is 2. The summed E-state index contributed by atoms with van der Waals surface area (Å²) in [7, 11) is 0. The van der Waals surface area contributed by atoms with Crippen molar-refractivity contribution in [3.63, 3.8) is 0 Å². The van der Waals surface area contributed by atoms with Crippen LogP contribution in [0.1, 0.15) is 34.1 Å². The highest BCUT2D eigenvalue weighted by Gasteiger charge is 2.35. The number of hydrogen-bond acceptors (Lipinski definition) is 2. The zero-order valence-electron chi connectivity index (χ0n) is 17.6. The maximum atomic E-state index is 13.7. The van der Waals surface area contributed by atoms with Gasteiger partial charge in [-0.1, -0.05) is 11.6 Å². The van der Waals surface area contributed by atoms with Gasteiger partial charge in [0.25, 0.3) is 11.8 Å². The summed E-state index contributed by atoms with van der Waals surface area (Å²) in [5.41, 5.74) is -0.388. The number of hydrogen-bond donors (Lipinski definition) is 1. The van der Waals surface area contributed by atoms with E-state index in [1.165, 1.54) is 0 Å². The van der Waals surface area contributed by atoms with E-state index < -0.39 is 23.2 Å². The molecule has 0 saturated carbocycles. The third-order valence-corrected chi connectivity index (χ3v) is 5.94. The van der Waals surface area contributed by atoms with Crippen LogP contribution in [0, 0.1) is 0 Å². The molecule has 1 aromatic heterocycles. The predicted octanol–water partition coefficient (Wildman–Crippen LogP) is 5.91. The normalized spacial score (nSPS) is 15.9. The van der Waals surface area contributed by atoms with E-state index in [2.05, 4.69) is 4.98 Å². The number of alkyl halides is 5. The van der Waals surface area contributed by atoms with Crippen molar-refractivity contribution >= 4 is 28.4 Å². The molecule has 4 nitrogen and oxygen atoms in total. The fourth-order valence-corrected chi connectivity index (χ4v) is 4.14. The van der Waals surface area contributed by atoms with Gasteiger partial charge in [0.1, 0.15) is 5.69 Å². The standard InChI is InChI=1S/C23H21ClF5N3O/c1-22(25,26)16-8-14(9-17(12-16)23(27,28)29)13-31-4-6-32(7-5-31)21(33)20-11-15-10-18(24)2-3-19(15)30-20/h2-3,8-12,30H,4-7,13H2,1H3. The van der Waals surface area contributed by atoms with E-state index in [-0.39, 0.29) is 18.0 Å². The minimum atomic E-state index is -4.72. The molecule has 0 atom stereocenters. The van der Waals surface area contributed by atoms with Crippen molar-refractivity contribution in [2.24, 2.45) is 0 Å². The molecule has 1 fully saturated rings. The van der Waals surface area contributed by atoms with Gasteiger partial charge in [0, 0.05) is 61.1 Å². The number of H-pyrrole nitrogens is 1. The van der Waals surface area contributed by atoms with Gasteiger partial charge in [-0.05, 0) is 48.0 Å². The lowest BCUT2D eigenvalue weighted by atomic mass is 10.0. The first kappa shape index (κ1) is 23.5. The van der Waals surface area contributed by atoms with Crippen LogP contribution in [-0.4, -0.2) is 46.9 Å². The van der Waals surface area contributed by atoms with Crippen LogP contribution in [0.5, 0.6) is 0 Å². The molecule has 1 amide bonds. The highest BCUT2D eigenvalue weighted by molar-refractivity contribution is 6.31. The lowest BCUT2D eigenvalue weighted by Crippen LogP contribution is -2.48. The number of carbonyl (C=O) groups excluding carboxylic acids is 1. The van der Waals surface area contributed by atoms with Crippen LogP contribution in [-0.2, 0) is 18.6 Å². The Balaban J connectivity index is 1.44. The first-order valence-corrected chi connectivity index (χ1v) is 10.7. The van der Waals surface area contributed by atoms with E-state index in [0.717, 1.165) is 23.0 Å². The number of nitrogens with one attached hydrogen (secondary N) is 1. The number of aromatic amines is 1. The van der Waals surface area contributed by atoms with E-state index in [4.69, 9.17) is 11.6 Å². The maximum Gasteiger partial charge on any atom is 0.416 e. The summed E-state index contributed by atoms with van der Waals surface area (Å²) in [4.78, 5) is 19.4. The van der Waals surface area contributed by atoms with Crippen molar-refractivity contribution in [1.82, 2.24) is 14.8 Å². The van der Waals surface area contributed by atoms with E-state index >= 15 is 0 Å². The van der Waals surface area contributed by atoms with E-state index in [1.54, 1.807) is 29.2 Å². The minimum absolute atomic E-state index is 0.0833. The van der Waals surface area contributed by atoms with Crippen molar-refractivity contribution in [2.75, 3.05) is 26.2 Å². The molecule has 0 bridgehead atoms. The smallest absolute Gasteiger partial charge is 0.351 e. The lowest BCUT2D eigenvalue weighted by Gasteiger charge is -2.34. The summed E-state index contributed by atoms with van der Waals surface area (Å²) in [5.74, 6) is -3.57. The zero-order chi connectivity index (χ0) is 24.0. The SMILES string of the molecule is CC(F)(F)c1cc(CN2CCN(C(=O)c3cc4cc(Cl)ccc4[nH]3)CC2)cc(C(F)(F)F)c1. The van der Waals surface area contributed by atoms with Crippen molar-refractivity contribution < 1.29 is 26.7 Å². The molecule has 1 saturated heterocycles. The van der Waals surface area contributed by atoms with Gasteiger partial charge in [-0.2, -0.15) is 13.2 Å². The Morgan fingerprint density at radius 1 is 0.970 bits per heavy atom. The summed E-state index contributed by atoms with van der Waals surface area (Å²) in [5, 5.41) is 1.38. The average molecular weight is 486 g/mol. The molecular weight excluding hydrogens is 465 g/mol. The van der Waals surface area contributed by atoms with Crippen LogP contribution in [0.4, 0.5) is 22.0 Å². The highest BCUT2D eigenvalue weighted by atomic mass is 35.5. The summed E-state index contributed by atoms with van der Waals surface area (Å²) in [6, 6.07) is 9.51. The lowest BCUT2D eigenvalue weighted by molar-refractivity contribution is -0.137. The fourth-order valence-electron chi connectivity index (χ4n) is 3.96. The predicted molar refractivity (Wildman–Crippen MR) is 116 cm³/mol. The summed E-state index contributed by atoms with van der Waals surface area (Å²) in [6.07, 6.45) is -4.72. The highest BCUT2D eigenvalue weighted by Crippen LogP contribution is 2.35. The molecule has 33 heavy (non-hydrogen) atoms. The maximum absolute atomic E-state index is 13.7. The van der Waals surface area contributed by atoms with E-state index in [9.17, 15) is 26.7 Å². The fraction of sp³-hybridized carbons (Fsp3) is 0.348. The molecule has 1 aliphatic rings. The Labute approximate surface area is 191 Å². The first-order valence-electron chi connectivity index (χ1n) is 10.3. The summed E-state index contributed by atoms with van der Waals surface area (Å²) in [6.45, 7) is 2.21. The average Bonchev–Trinajstić information content (AvgIpc) is 3.15. The Hall–Kier alpha value is -2.65. The van der Waals surface area contributed by atoms with Crippen LogP contribution < -0.4 is 0 Å². The van der Waals surface area contributed by atoms with Gasteiger partial charge in [-0.25, -0.2) is 8.78 Å². The van der Waals surface area contributed by atoms with Crippen LogP contribution in [0.3, 0.4) is 0 Å². The Morgan fingerprint density at radius 2 is 1.64 bits per heavy atom. The molecule has 0 unspecified atom stereocenters. The molecule has 4 rings (SSSR count). The van der Waals surface area contributed by atoms with E-state index in [1.807, 2.05) is 4.90 Å². The van der Waals surface area contributed by atoms with Crippen molar-refractivity contribution in [3.05, 3.63) is 69.9 Å². The zero-order valence-corrected chi connectivity index (χ0v) is 18.4. The number of rotatable bonds is 4. The third-order valence-electron chi connectivity index (χ3n) is 5.71. The molecule has 176 valence electrons. The van der Waals surface area contributed by atoms with Crippen molar-refractivity contribution in [3.8, 4) is 0 Å². The number of piperazine rings is 1. The van der Waals surface area contributed by atoms with Crippen LogP contribution in [0.25, 0.3) is 10.9 Å². The van der Waals surface area contributed by atoms with Gasteiger partial charge in [0.2, 0.25) is 0 Å². The van der Waals surface area contributed by atoms with Crippen LogP contribution in [0.15, 0.2) is 42.5 Å². The van der Waals surface area contributed by atoms with Crippen molar-refractivity contribution in [2.45, 2.75) is 25.6 Å². The van der Waals surface area contributed by atoms with Gasteiger partial charge in [-0.15, -0.1) is 0 Å². The first-order chi connectivity index (χ1) is 15.4. The molecule has 2 aromatic carbocycles. The summed E-state index contributed by atoms with van der Waals surface area (Å²) >= 11 is 5.99. The number of benzene rings is 2. The topological polar surface area (TPSA) is 39.3 Å². The second-order valence-electron chi connectivity index (χ2n) is 8.29. The Bertz CT molecular complexity index is 1140. The molecule has 3 aromatic rings. The van der Waals surface area contributed by atoms with E-state index in [0.29, 0.717) is 49.9 Å². The Morgan fingerprint density at radius 3 is 2.27 bits per heavy atom. The third kappa shape index (κ3) is 5.30. The number of halogens is 6. The van der Waals surface area contributed by atoms with Gasteiger partial charge < -0.3 is 9.88 Å². The van der Waals surface area contributed by atoms with Crippen LogP contribution >= 0.6 is 11.6 Å². The Kier molecular flexibility index (Phi) is 6.13. The summed E-state index contributed by atoms with van der Waals surface area (Å²) < 4.78 is 67.1. The molecule has 10 heteroatoms. The molecule has 1 N–H and O–H groups in total. The second-order valence-corrected chi connectivity index (χ2v) is 8.72. The van der Waals surface area contributed by atoms with Gasteiger partial charge in [0.05, 0.1) is 5.56 Å². The minimum Gasteiger partial charge on any atom is -0.351 e. The second kappa shape index (κ2) is 8.61. The number of aromatic nitrogens is 1. The molecule has 0 aliphatic carbocycles. The van der Waals surface area contributed by atoms with Crippen molar-refractivity contribution in [1.29, 1.82) is 0 Å². The van der Waals surface area contributed by atoms with Crippen LogP contribution in [0.2, 0.25) is 5.02 Å². The quantitative estimate of drug-likeness (QED) is 0.467.